The van der Waals surface area contributed by atoms with Crippen LogP contribution in [0.4, 0.5) is 4.39 Å². The van der Waals surface area contributed by atoms with Crippen LogP contribution in [0.3, 0.4) is 0 Å². The van der Waals surface area contributed by atoms with E-state index in [1.54, 1.807) is 12.1 Å². The van der Waals surface area contributed by atoms with Crippen LogP contribution in [-0.4, -0.2) is 13.1 Å². The number of halogens is 2. The van der Waals surface area contributed by atoms with Crippen molar-refractivity contribution in [3.8, 4) is 0 Å². The van der Waals surface area contributed by atoms with Gasteiger partial charge in [0.05, 0.1) is 0 Å². The summed E-state index contributed by atoms with van der Waals surface area (Å²) in [5, 5.41) is 3.57. The minimum Gasteiger partial charge on any atom is -0.317 e. The first-order valence-corrected chi connectivity index (χ1v) is 4.68. The van der Waals surface area contributed by atoms with E-state index in [0.717, 1.165) is 6.04 Å². The lowest BCUT2D eigenvalue weighted by Gasteiger charge is -1.85. The highest BCUT2D eigenvalue weighted by Gasteiger charge is 2.17. The van der Waals surface area contributed by atoms with E-state index in [1.165, 1.54) is 25.0 Å². The molecular formula is C10H13ClFN. The number of hydrogen-bond donors (Lipinski definition) is 1. The van der Waals surface area contributed by atoms with Gasteiger partial charge in [-0.05, 0) is 38.1 Å². The summed E-state index contributed by atoms with van der Waals surface area (Å²) in [6, 6.07) is 6.70. The zero-order valence-corrected chi connectivity index (χ0v) is 8.31. The van der Waals surface area contributed by atoms with Gasteiger partial charge in [0.25, 0.3) is 0 Å². The maximum absolute atomic E-state index is 12.1. The fourth-order valence-electron chi connectivity index (χ4n) is 0.832. The topological polar surface area (TPSA) is 12.0 Å². The summed E-state index contributed by atoms with van der Waals surface area (Å²) in [5.74, 6) is -0.294. The zero-order chi connectivity index (χ0) is 9.68. The molecule has 1 saturated carbocycles. The van der Waals surface area contributed by atoms with Crippen molar-refractivity contribution in [3.63, 3.8) is 0 Å². The van der Waals surface area contributed by atoms with Crippen LogP contribution in [0.2, 0.25) is 5.02 Å². The Balaban J connectivity index is 0.000000145. The van der Waals surface area contributed by atoms with E-state index >= 15 is 0 Å². The lowest BCUT2D eigenvalue weighted by Crippen LogP contribution is -2.06. The Morgan fingerprint density at radius 2 is 2.15 bits per heavy atom. The molecule has 1 fully saturated rings. The minimum atomic E-state index is -0.294. The van der Waals surface area contributed by atoms with Crippen molar-refractivity contribution < 1.29 is 4.39 Å². The van der Waals surface area contributed by atoms with Gasteiger partial charge in [-0.3, -0.25) is 0 Å². The molecule has 0 amide bonds. The molecule has 2 rings (SSSR count). The van der Waals surface area contributed by atoms with Crippen molar-refractivity contribution in [1.29, 1.82) is 0 Å². The van der Waals surface area contributed by atoms with Gasteiger partial charge in [-0.25, -0.2) is 4.39 Å². The summed E-state index contributed by atoms with van der Waals surface area (Å²) in [5.41, 5.74) is 0. The van der Waals surface area contributed by atoms with E-state index in [1.807, 2.05) is 7.05 Å². The molecule has 0 unspecified atom stereocenters. The van der Waals surface area contributed by atoms with Crippen LogP contribution in [0.25, 0.3) is 0 Å². The average Bonchev–Trinajstić information content (AvgIpc) is 2.87. The molecule has 1 aliphatic carbocycles. The predicted octanol–water partition coefficient (Wildman–Crippen LogP) is 2.85. The Bertz CT molecular complexity index is 244. The fourth-order valence-corrected chi connectivity index (χ4v) is 1.01. The second-order valence-corrected chi connectivity index (χ2v) is 3.44. The monoisotopic (exact) mass is 201 g/mol. The third-order valence-corrected chi connectivity index (χ3v) is 2.01. The second kappa shape index (κ2) is 5.20. The van der Waals surface area contributed by atoms with Gasteiger partial charge in [-0.15, -0.1) is 0 Å². The van der Waals surface area contributed by atoms with Crippen molar-refractivity contribution in [2.24, 2.45) is 0 Å². The molecule has 0 aromatic heterocycles. The van der Waals surface area contributed by atoms with Crippen molar-refractivity contribution in [2.75, 3.05) is 7.05 Å². The van der Waals surface area contributed by atoms with Crippen molar-refractivity contribution in [1.82, 2.24) is 5.32 Å². The predicted molar refractivity (Wildman–Crippen MR) is 53.5 cm³/mol. The lowest BCUT2D eigenvalue weighted by molar-refractivity contribution is 0.628. The van der Waals surface area contributed by atoms with Crippen LogP contribution in [0, 0.1) is 5.82 Å². The van der Waals surface area contributed by atoms with E-state index in [4.69, 9.17) is 11.6 Å². The molecule has 3 heteroatoms. The summed E-state index contributed by atoms with van der Waals surface area (Å²) in [6.07, 6.45) is 2.80. The third-order valence-electron chi connectivity index (χ3n) is 1.77. The largest absolute Gasteiger partial charge is 0.317 e. The number of hydrogen-bond acceptors (Lipinski definition) is 1. The molecule has 1 aromatic carbocycles. The number of rotatable bonds is 1. The molecule has 13 heavy (non-hydrogen) atoms. The van der Waals surface area contributed by atoms with Gasteiger partial charge in [0.1, 0.15) is 5.82 Å². The van der Waals surface area contributed by atoms with Gasteiger partial charge in [0.2, 0.25) is 0 Å². The van der Waals surface area contributed by atoms with Gasteiger partial charge in [-0.1, -0.05) is 17.7 Å². The second-order valence-electron chi connectivity index (χ2n) is 3.00. The molecule has 1 nitrogen and oxygen atoms in total. The van der Waals surface area contributed by atoms with Crippen LogP contribution >= 0.6 is 11.6 Å². The van der Waals surface area contributed by atoms with Crippen LogP contribution in [0.1, 0.15) is 12.8 Å². The van der Waals surface area contributed by atoms with Gasteiger partial charge >= 0.3 is 0 Å². The molecular weight excluding hydrogens is 189 g/mol. The van der Waals surface area contributed by atoms with Crippen LogP contribution in [-0.2, 0) is 0 Å². The van der Waals surface area contributed by atoms with Crippen molar-refractivity contribution in [2.45, 2.75) is 18.9 Å². The van der Waals surface area contributed by atoms with E-state index < -0.39 is 0 Å². The molecule has 0 spiro atoms. The Labute approximate surface area is 82.9 Å². The summed E-state index contributed by atoms with van der Waals surface area (Å²) in [7, 11) is 2.01. The van der Waals surface area contributed by atoms with Crippen LogP contribution in [0.5, 0.6) is 0 Å². The molecule has 0 aliphatic heterocycles. The molecule has 0 saturated heterocycles. The smallest absolute Gasteiger partial charge is 0.124 e. The molecule has 1 aromatic rings. The Kier molecular flexibility index (Phi) is 4.19. The zero-order valence-electron chi connectivity index (χ0n) is 7.56. The Morgan fingerprint density at radius 3 is 2.38 bits per heavy atom. The molecule has 1 aliphatic rings. The Hall–Kier alpha value is -0.600. The standard InChI is InChI=1S/C6H4ClF.C4H9N/c7-5-2-1-3-6(8)4-5;1-5-4-2-3-4/h1-4H;4-5H,2-3H2,1H3. The van der Waals surface area contributed by atoms with Crippen molar-refractivity contribution >= 4 is 11.6 Å². The molecule has 72 valence electrons. The van der Waals surface area contributed by atoms with E-state index in [9.17, 15) is 4.39 Å². The fraction of sp³-hybridized carbons (Fsp3) is 0.400. The summed E-state index contributed by atoms with van der Waals surface area (Å²) < 4.78 is 12.1. The first-order valence-electron chi connectivity index (χ1n) is 4.30. The van der Waals surface area contributed by atoms with Gasteiger partial charge in [0, 0.05) is 11.1 Å². The number of benzene rings is 1. The Morgan fingerprint density at radius 1 is 1.46 bits per heavy atom. The van der Waals surface area contributed by atoms with E-state index in [2.05, 4.69) is 5.32 Å². The maximum Gasteiger partial charge on any atom is 0.124 e. The third kappa shape index (κ3) is 4.86. The van der Waals surface area contributed by atoms with E-state index in [-0.39, 0.29) is 5.82 Å². The van der Waals surface area contributed by atoms with Gasteiger partial charge in [0.15, 0.2) is 0 Å². The SMILES string of the molecule is CNC1CC1.Fc1cccc(Cl)c1. The molecule has 0 bridgehead atoms. The van der Waals surface area contributed by atoms with E-state index in [0.29, 0.717) is 5.02 Å². The normalized spacial score (nSPS) is 14.7. The minimum absolute atomic E-state index is 0.294. The number of nitrogens with one attached hydrogen (secondary N) is 1. The summed E-state index contributed by atoms with van der Waals surface area (Å²) >= 11 is 5.40. The van der Waals surface area contributed by atoms with Crippen molar-refractivity contribution in [3.05, 3.63) is 35.1 Å². The maximum atomic E-state index is 12.1. The highest BCUT2D eigenvalue weighted by molar-refractivity contribution is 6.30. The molecule has 0 radical (unpaired) electrons. The van der Waals surface area contributed by atoms with Crippen LogP contribution < -0.4 is 5.32 Å². The lowest BCUT2D eigenvalue weighted by atomic mass is 10.4. The summed E-state index contributed by atoms with van der Waals surface area (Å²) in [4.78, 5) is 0. The highest BCUT2D eigenvalue weighted by Crippen LogP contribution is 2.17. The first-order chi connectivity index (χ1) is 6.22. The average molecular weight is 202 g/mol. The molecule has 0 heterocycles. The quantitative estimate of drug-likeness (QED) is 0.737. The van der Waals surface area contributed by atoms with Gasteiger partial charge in [-0.2, -0.15) is 0 Å². The summed E-state index contributed by atoms with van der Waals surface area (Å²) in [6.45, 7) is 0. The van der Waals surface area contributed by atoms with Crippen LogP contribution in [0.15, 0.2) is 24.3 Å². The molecule has 1 N–H and O–H groups in total. The highest BCUT2D eigenvalue weighted by atomic mass is 35.5. The molecule has 0 atom stereocenters. The van der Waals surface area contributed by atoms with Gasteiger partial charge < -0.3 is 5.32 Å². The first kappa shape index (κ1) is 10.5.